The van der Waals surface area contributed by atoms with E-state index in [-0.39, 0.29) is 0 Å². The van der Waals surface area contributed by atoms with Gasteiger partial charge in [-0.15, -0.1) is 0 Å². The zero-order valence-electron chi connectivity index (χ0n) is 11.5. The highest BCUT2D eigenvalue weighted by Crippen LogP contribution is 2.33. The molecule has 0 spiro atoms. The SMILES string of the molecule is Cc1c(Cl)ccc2c(N[C@@H]3CN4CCC3CC4)noc12. The van der Waals surface area contributed by atoms with Crippen molar-refractivity contribution in [2.75, 3.05) is 25.0 Å². The molecule has 3 fully saturated rings. The Morgan fingerprint density at radius 2 is 2.15 bits per heavy atom. The topological polar surface area (TPSA) is 41.3 Å². The highest BCUT2D eigenvalue weighted by atomic mass is 35.5. The average Bonchev–Trinajstić information content (AvgIpc) is 2.88. The molecule has 5 heteroatoms. The van der Waals surface area contributed by atoms with Crippen LogP contribution in [0.5, 0.6) is 0 Å². The number of anilines is 1. The van der Waals surface area contributed by atoms with Gasteiger partial charge in [-0.25, -0.2) is 0 Å². The lowest BCUT2D eigenvalue weighted by Crippen LogP contribution is -2.53. The predicted molar refractivity (Wildman–Crippen MR) is 80.3 cm³/mol. The minimum atomic E-state index is 0.488. The number of fused-ring (bicyclic) bond motifs is 4. The van der Waals surface area contributed by atoms with Crippen molar-refractivity contribution in [3.63, 3.8) is 0 Å². The fraction of sp³-hybridized carbons (Fsp3) is 0.533. The highest BCUT2D eigenvalue weighted by molar-refractivity contribution is 6.32. The Morgan fingerprint density at radius 1 is 1.35 bits per heavy atom. The van der Waals surface area contributed by atoms with Crippen molar-refractivity contribution >= 4 is 28.4 Å². The van der Waals surface area contributed by atoms with Gasteiger partial charge in [-0.2, -0.15) is 0 Å². The van der Waals surface area contributed by atoms with E-state index < -0.39 is 0 Å². The van der Waals surface area contributed by atoms with Crippen LogP contribution in [0.25, 0.3) is 11.0 Å². The van der Waals surface area contributed by atoms with Crippen LogP contribution >= 0.6 is 11.6 Å². The molecule has 0 unspecified atom stereocenters. The number of halogens is 1. The standard InChI is InChI=1S/C15H18ClN3O/c1-9-12(16)3-2-11-14(9)20-18-15(11)17-13-8-19-6-4-10(13)5-7-19/h2-3,10,13H,4-8H2,1H3,(H,17,18)/t13-/m1/s1. The Hall–Kier alpha value is -1.26. The highest BCUT2D eigenvalue weighted by Gasteiger charge is 2.34. The van der Waals surface area contributed by atoms with Crippen LogP contribution in [0.4, 0.5) is 5.82 Å². The number of nitrogens with one attached hydrogen (secondary N) is 1. The van der Waals surface area contributed by atoms with Crippen molar-refractivity contribution in [1.29, 1.82) is 0 Å². The fourth-order valence-corrected chi connectivity index (χ4v) is 3.67. The molecule has 4 nitrogen and oxygen atoms in total. The number of rotatable bonds is 2. The van der Waals surface area contributed by atoms with Gasteiger partial charge in [0.15, 0.2) is 11.4 Å². The average molecular weight is 292 g/mol. The van der Waals surface area contributed by atoms with Crippen LogP contribution in [0.3, 0.4) is 0 Å². The number of aryl methyl sites for hydroxylation is 1. The Bertz CT molecular complexity index is 646. The Kier molecular flexibility index (Phi) is 2.89. The molecule has 4 heterocycles. The number of benzene rings is 1. The maximum absolute atomic E-state index is 6.13. The molecule has 3 aliphatic heterocycles. The van der Waals surface area contributed by atoms with Crippen LogP contribution in [0.15, 0.2) is 16.7 Å². The summed E-state index contributed by atoms with van der Waals surface area (Å²) in [7, 11) is 0. The number of aromatic nitrogens is 1. The summed E-state index contributed by atoms with van der Waals surface area (Å²) in [6.45, 7) is 5.58. The van der Waals surface area contributed by atoms with Gasteiger partial charge in [0.05, 0.1) is 5.39 Å². The zero-order valence-corrected chi connectivity index (χ0v) is 12.3. The molecule has 1 N–H and O–H groups in total. The summed E-state index contributed by atoms with van der Waals surface area (Å²) >= 11 is 6.13. The molecule has 3 aliphatic rings. The summed E-state index contributed by atoms with van der Waals surface area (Å²) in [5, 5.41) is 9.56. The fourth-order valence-electron chi connectivity index (χ4n) is 3.52. The minimum absolute atomic E-state index is 0.488. The molecule has 1 atom stereocenters. The third-order valence-electron chi connectivity index (χ3n) is 4.80. The summed E-state index contributed by atoms with van der Waals surface area (Å²) in [6, 6.07) is 4.39. The quantitative estimate of drug-likeness (QED) is 0.922. The monoisotopic (exact) mass is 291 g/mol. The summed E-state index contributed by atoms with van der Waals surface area (Å²) in [6.07, 6.45) is 2.58. The lowest BCUT2D eigenvalue weighted by Gasteiger charge is -2.44. The molecule has 0 amide bonds. The molecule has 0 aliphatic carbocycles. The molecule has 2 bridgehead atoms. The summed E-state index contributed by atoms with van der Waals surface area (Å²) in [4.78, 5) is 2.53. The normalized spacial score (nSPS) is 29.0. The number of hydrogen-bond acceptors (Lipinski definition) is 4. The van der Waals surface area contributed by atoms with Gasteiger partial charge in [0.25, 0.3) is 0 Å². The van der Waals surface area contributed by atoms with Gasteiger partial charge < -0.3 is 14.7 Å². The van der Waals surface area contributed by atoms with Crippen molar-refractivity contribution in [2.45, 2.75) is 25.8 Å². The number of nitrogens with zero attached hydrogens (tertiary/aromatic N) is 2. The number of hydrogen-bond donors (Lipinski definition) is 1. The summed E-state index contributed by atoms with van der Waals surface area (Å²) in [5.41, 5.74) is 1.75. The molecule has 0 saturated carbocycles. The first-order valence-electron chi connectivity index (χ1n) is 7.26. The van der Waals surface area contributed by atoms with E-state index in [4.69, 9.17) is 16.1 Å². The van der Waals surface area contributed by atoms with E-state index in [0.717, 1.165) is 39.8 Å². The molecular weight excluding hydrogens is 274 g/mol. The molecular formula is C15H18ClN3O. The molecule has 106 valence electrons. The predicted octanol–water partition coefficient (Wildman–Crippen LogP) is 3.30. The maximum atomic E-state index is 6.13. The molecule has 1 aromatic heterocycles. The second kappa shape index (κ2) is 4.64. The summed E-state index contributed by atoms with van der Waals surface area (Å²) in [5.74, 6) is 1.62. The van der Waals surface area contributed by atoms with Gasteiger partial charge in [0.2, 0.25) is 0 Å². The lowest BCUT2D eigenvalue weighted by molar-refractivity contribution is 0.0973. The van der Waals surface area contributed by atoms with Gasteiger partial charge in [0, 0.05) is 23.2 Å². The van der Waals surface area contributed by atoms with E-state index in [2.05, 4.69) is 15.4 Å². The van der Waals surface area contributed by atoms with Crippen LogP contribution in [-0.4, -0.2) is 35.7 Å². The largest absolute Gasteiger partial charge is 0.362 e. The van der Waals surface area contributed by atoms with Gasteiger partial charge in [-0.05, 0) is 50.9 Å². The van der Waals surface area contributed by atoms with Crippen molar-refractivity contribution in [3.8, 4) is 0 Å². The summed E-state index contributed by atoms with van der Waals surface area (Å²) < 4.78 is 5.47. The lowest BCUT2D eigenvalue weighted by atomic mass is 9.84. The first kappa shape index (κ1) is 12.5. The number of piperidine rings is 3. The molecule has 1 aromatic carbocycles. The van der Waals surface area contributed by atoms with Gasteiger partial charge in [-0.3, -0.25) is 0 Å². The van der Waals surface area contributed by atoms with Gasteiger partial charge in [-0.1, -0.05) is 16.8 Å². The second-order valence-electron chi connectivity index (χ2n) is 5.97. The van der Waals surface area contributed by atoms with E-state index in [9.17, 15) is 0 Å². The molecule has 20 heavy (non-hydrogen) atoms. The maximum Gasteiger partial charge on any atom is 0.177 e. The first-order chi connectivity index (χ1) is 9.72. The van der Waals surface area contributed by atoms with Crippen LogP contribution in [0.1, 0.15) is 18.4 Å². The third kappa shape index (κ3) is 1.90. The molecule has 3 saturated heterocycles. The van der Waals surface area contributed by atoms with Crippen LogP contribution in [-0.2, 0) is 0 Å². The van der Waals surface area contributed by atoms with E-state index in [1.165, 1.54) is 25.9 Å². The van der Waals surface area contributed by atoms with Crippen LogP contribution < -0.4 is 5.32 Å². The van der Waals surface area contributed by atoms with E-state index in [0.29, 0.717) is 6.04 Å². The van der Waals surface area contributed by atoms with E-state index in [1.807, 2.05) is 19.1 Å². The Morgan fingerprint density at radius 3 is 2.85 bits per heavy atom. The van der Waals surface area contributed by atoms with Gasteiger partial charge in [0.1, 0.15) is 0 Å². The van der Waals surface area contributed by atoms with Crippen molar-refractivity contribution in [2.24, 2.45) is 5.92 Å². The Balaban J connectivity index is 1.65. The first-order valence-corrected chi connectivity index (χ1v) is 7.63. The van der Waals surface area contributed by atoms with Crippen LogP contribution in [0, 0.1) is 12.8 Å². The van der Waals surface area contributed by atoms with E-state index >= 15 is 0 Å². The Labute approximate surface area is 123 Å². The minimum Gasteiger partial charge on any atom is -0.362 e. The molecule has 2 aromatic rings. The zero-order chi connectivity index (χ0) is 13.7. The van der Waals surface area contributed by atoms with Crippen LogP contribution in [0.2, 0.25) is 5.02 Å². The molecule has 0 radical (unpaired) electrons. The van der Waals surface area contributed by atoms with Gasteiger partial charge >= 0.3 is 0 Å². The third-order valence-corrected chi connectivity index (χ3v) is 5.21. The van der Waals surface area contributed by atoms with Crippen molar-refractivity contribution in [3.05, 3.63) is 22.7 Å². The van der Waals surface area contributed by atoms with Crippen molar-refractivity contribution in [1.82, 2.24) is 10.1 Å². The smallest absolute Gasteiger partial charge is 0.177 e. The van der Waals surface area contributed by atoms with Crippen molar-refractivity contribution < 1.29 is 4.52 Å². The molecule has 5 rings (SSSR count). The second-order valence-corrected chi connectivity index (χ2v) is 6.38. The van der Waals surface area contributed by atoms with E-state index in [1.54, 1.807) is 0 Å².